The smallest absolute Gasteiger partial charge is 0.106 e. The lowest BCUT2D eigenvalue weighted by molar-refractivity contribution is 0.494. The Balaban J connectivity index is 2.56. The van der Waals surface area contributed by atoms with Gasteiger partial charge < -0.3 is 4.42 Å². The van der Waals surface area contributed by atoms with E-state index in [9.17, 15) is 0 Å². The maximum Gasteiger partial charge on any atom is 0.106 e. The Morgan fingerprint density at radius 2 is 1.72 bits per heavy atom. The summed E-state index contributed by atoms with van der Waals surface area (Å²) in [4.78, 5) is 0. The van der Waals surface area contributed by atoms with E-state index in [1.54, 1.807) is 0 Å². The summed E-state index contributed by atoms with van der Waals surface area (Å²) in [5, 5.41) is 0. The molecule has 0 spiro atoms. The van der Waals surface area contributed by atoms with Crippen LogP contribution in [0.1, 0.15) is 39.8 Å². The van der Waals surface area contributed by atoms with Crippen LogP contribution < -0.4 is 11.3 Å². The van der Waals surface area contributed by atoms with Gasteiger partial charge in [-0.3, -0.25) is 5.84 Å². The molecule has 0 amide bonds. The van der Waals surface area contributed by atoms with Crippen LogP contribution in [0.3, 0.4) is 0 Å². The van der Waals surface area contributed by atoms with Crippen molar-refractivity contribution in [1.82, 2.24) is 5.43 Å². The first-order valence-electron chi connectivity index (χ1n) is 6.14. The van der Waals surface area contributed by atoms with Crippen LogP contribution in [0.4, 0.5) is 0 Å². The van der Waals surface area contributed by atoms with Gasteiger partial charge in [0.15, 0.2) is 0 Å². The summed E-state index contributed by atoms with van der Waals surface area (Å²) in [7, 11) is 0. The molecular weight excluding hydrogens is 224 g/mol. The molecule has 0 aliphatic carbocycles. The van der Waals surface area contributed by atoms with Gasteiger partial charge in [-0.05, 0) is 44.4 Å². The van der Waals surface area contributed by atoms with Crippen molar-refractivity contribution < 1.29 is 4.42 Å². The van der Waals surface area contributed by atoms with Crippen molar-refractivity contribution in [3.63, 3.8) is 0 Å². The van der Waals surface area contributed by atoms with Crippen LogP contribution in [-0.2, 0) is 0 Å². The lowest BCUT2D eigenvalue weighted by Crippen LogP contribution is -2.30. The molecule has 1 aromatic heterocycles. The van der Waals surface area contributed by atoms with E-state index in [2.05, 4.69) is 31.4 Å². The highest BCUT2D eigenvalue weighted by atomic mass is 16.3. The number of nitrogens with one attached hydrogen (secondary N) is 1. The Bertz CT molecular complexity index is 558. The highest BCUT2D eigenvalue weighted by Crippen LogP contribution is 2.32. The Morgan fingerprint density at radius 3 is 2.22 bits per heavy atom. The molecule has 0 fully saturated rings. The van der Waals surface area contributed by atoms with Crippen LogP contribution in [-0.4, -0.2) is 0 Å². The van der Waals surface area contributed by atoms with E-state index in [4.69, 9.17) is 10.3 Å². The molecule has 96 valence electrons. The van der Waals surface area contributed by atoms with Crippen LogP contribution in [0.25, 0.3) is 0 Å². The van der Waals surface area contributed by atoms with Crippen LogP contribution in [0, 0.1) is 27.7 Å². The predicted molar refractivity (Wildman–Crippen MR) is 73.3 cm³/mol. The maximum absolute atomic E-state index is 5.76. The third kappa shape index (κ3) is 2.07. The predicted octanol–water partition coefficient (Wildman–Crippen LogP) is 3.07. The topological polar surface area (TPSA) is 51.2 Å². The second-order valence-electron chi connectivity index (χ2n) is 4.71. The molecule has 0 saturated carbocycles. The summed E-state index contributed by atoms with van der Waals surface area (Å²) in [5.74, 6) is 7.64. The van der Waals surface area contributed by atoms with Gasteiger partial charge in [-0.15, -0.1) is 0 Å². The van der Waals surface area contributed by atoms with Gasteiger partial charge in [0.1, 0.15) is 11.5 Å². The Hall–Kier alpha value is -1.58. The average Bonchev–Trinajstić information content (AvgIpc) is 2.59. The van der Waals surface area contributed by atoms with Crippen LogP contribution >= 0.6 is 0 Å². The summed E-state index contributed by atoms with van der Waals surface area (Å²) in [6.45, 7) is 8.14. The van der Waals surface area contributed by atoms with Gasteiger partial charge in [-0.25, -0.2) is 5.43 Å². The molecule has 1 aromatic carbocycles. The normalized spacial score (nSPS) is 12.7. The number of nitrogens with two attached hydrogens (primary N) is 1. The average molecular weight is 244 g/mol. The lowest BCUT2D eigenvalue weighted by Gasteiger charge is -2.19. The molecule has 0 bridgehead atoms. The van der Waals surface area contributed by atoms with Gasteiger partial charge >= 0.3 is 0 Å². The maximum atomic E-state index is 5.76. The zero-order chi connectivity index (χ0) is 13.3. The van der Waals surface area contributed by atoms with Crippen LogP contribution in [0.2, 0.25) is 0 Å². The molecule has 0 radical (unpaired) electrons. The number of hydrogen-bond donors (Lipinski definition) is 2. The van der Waals surface area contributed by atoms with E-state index >= 15 is 0 Å². The molecule has 1 unspecified atom stereocenters. The Kier molecular flexibility index (Phi) is 3.55. The largest absolute Gasteiger partial charge is 0.466 e. The number of hydrogen-bond acceptors (Lipinski definition) is 3. The van der Waals surface area contributed by atoms with E-state index in [0.717, 1.165) is 17.1 Å². The first-order valence-corrected chi connectivity index (χ1v) is 6.14. The fourth-order valence-electron chi connectivity index (χ4n) is 2.47. The first-order chi connectivity index (χ1) is 8.56. The molecule has 3 nitrogen and oxygen atoms in total. The second kappa shape index (κ2) is 4.96. The minimum atomic E-state index is -0.0244. The number of benzene rings is 1. The van der Waals surface area contributed by atoms with Crippen molar-refractivity contribution in [3.8, 4) is 0 Å². The van der Waals surface area contributed by atoms with E-state index in [1.807, 2.05) is 26.0 Å². The molecule has 3 heteroatoms. The summed E-state index contributed by atoms with van der Waals surface area (Å²) < 4.78 is 5.69. The van der Waals surface area contributed by atoms with E-state index in [-0.39, 0.29) is 6.04 Å². The van der Waals surface area contributed by atoms with Crippen molar-refractivity contribution in [1.29, 1.82) is 0 Å². The number of rotatable bonds is 3. The molecule has 18 heavy (non-hydrogen) atoms. The van der Waals surface area contributed by atoms with Crippen LogP contribution in [0.5, 0.6) is 0 Å². The Morgan fingerprint density at radius 1 is 1.06 bits per heavy atom. The standard InChI is InChI=1S/C15H20N2O/c1-9-7-5-6-8-13(9)15(17-16)14-10(2)11(3)18-12(14)4/h5-8,15,17H,16H2,1-4H3. The summed E-state index contributed by atoms with van der Waals surface area (Å²) in [5.41, 5.74) is 7.63. The molecule has 2 rings (SSSR count). The molecule has 0 saturated heterocycles. The van der Waals surface area contributed by atoms with E-state index in [0.29, 0.717) is 0 Å². The van der Waals surface area contributed by atoms with E-state index in [1.165, 1.54) is 16.7 Å². The van der Waals surface area contributed by atoms with Crippen molar-refractivity contribution in [2.75, 3.05) is 0 Å². The summed E-state index contributed by atoms with van der Waals surface area (Å²) in [6, 6.07) is 8.23. The first kappa shape index (κ1) is 12.9. The minimum absolute atomic E-state index is 0.0244. The third-order valence-electron chi connectivity index (χ3n) is 3.57. The fourth-order valence-corrected chi connectivity index (χ4v) is 2.47. The SMILES string of the molecule is Cc1ccccc1C(NN)c1c(C)oc(C)c1C. The highest BCUT2D eigenvalue weighted by Gasteiger charge is 2.22. The molecule has 0 aliphatic heterocycles. The molecule has 3 N–H and O–H groups in total. The summed E-state index contributed by atoms with van der Waals surface area (Å²) in [6.07, 6.45) is 0. The van der Waals surface area contributed by atoms with Gasteiger partial charge in [0.25, 0.3) is 0 Å². The fraction of sp³-hybridized carbons (Fsp3) is 0.333. The zero-order valence-corrected chi connectivity index (χ0v) is 11.4. The molecular formula is C15H20N2O. The van der Waals surface area contributed by atoms with E-state index < -0.39 is 0 Å². The van der Waals surface area contributed by atoms with Crippen LogP contribution in [0.15, 0.2) is 28.7 Å². The van der Waals surface area contributed by atoms with Crippen molar-refractivity contribution in [2.24, 2.45) is 5.84 Å². The van der Waals surface area contributed by atoms with Gasteiger partial charge in [0, 0.05) is 5.56 Å². The van der Waals surface area contributed by atoms with Crippen molar-refractivity contribution in [2.45, 2.75) is 33.7 Å². The Labute approximate surface area is 108 Å². The molecule has 0 aliphatic rings. The second-order valence-corrected chi connectivity index (χ2v) is 4.71. The lowest BCUT2D eigenvalue weighted by atomic mass is 9.93. The van der Waals surface area contributed by atoms with Crippen molar-refractivity contribution in [3.05, 3.63) is 58.0 Å². The highest BCUT2D eigenvalue weighted by molar-refractivity contribution is 5.42. The van der Waals surface area contributed by atoms with Gasteiger partial charge in [0.05, 0.1) is 6.04 Å². The number of furan rings is 1. The molecule has 2 aromatic rings. The molecule has 1 heterocycles. The zero-order valence-electron chi connectivity index (χ0n) is 11.4. The van der Waals surface area contributed by atoms with Gasteiger partial charge in [-0.2, -0.15) is 0 Å². The number of aryl methyl sites for hydroxylation is 3. The summed E-state index contributed by atoms with van der Waals surface area (Å²) >= 11 is 0. The van der Waals surface area contributed by atoms with Gasteiger partial charge in [0.2, 0.25) is 0 Å². The minimum Gasteiger partial charge on any atom is -0.466 e. The van der Waals surface area contributed by atoms with Gasteiger partial charge in [-0.1, -0.05) is 24.3 Å². The molecule has 1 atom stereocenters. The van der Waals surface area contributed by atoms with Crippen molar-refractivity contribution >= 4 is 0 Å². The third-order valence-corrected chi connectivity index (χ3v) is 3.57. The number of hydrazine groups is 1. The monoisotopic (exact) mass is 244 g/mol. The quantitative estimate of drug-likeness (QED) is 0.644.